The minimum Gasteiger partial charge on any atom is -0.497 e. The quantitative estimate of drug-likeness (QED) is 0.459. The van der Waals surface area contributed by atoms with Crippen LogP contribution in [-0.2, 0) is 25.8 Å². The lowest BCUT2D eigenvalue weighted by molar-refractivity contribution is -0.140. The van der Waals surface area contributed by atoms with Crippen LogP contribution in [0.15, 0.2) is 58.3 Å². The number of nitrogens with zero attached hydrogens (tertiary/aromatic N) is 2. The number of halogens is 3. The molecule has 2 heterocycles. The Bertz CT molecular complexity index is 1420. The molecule has 1 N–H and O–H groups in total. The fraction of sp³-hybridized carbons (Fsp3) is 0.346. The molecule has 2 aliphatic heterocycles. The average Bonchev–Trinajstić information content (AvgIpc) is 3.20. The molecule has 0 radical (unpaired) electrons. The highest BCUT2D eigenvalue weighted by Crippen LogP contribution is 2.36. The van der Waals surface area contributed by atoms with E-state index in [1.54, 1.807) is 30.3 Å². The summed E-state index contributed by atoms with van der Waals surface area (Å²) in [6, 6.07) is 11.0. The van der Waals surface area contributed by atoms with E-state index in [0.29, 0.717) is 5.75 Å². The second-order valence-electron chi connectivity index (χ2n) is 9.07. The van der Waals surface area contributed by atoms with Gasteiger partial charge in [0.05, 0.1) is 22.5 Å². The van der Waals surface area contributed by atoms with Gasteiger partial charge >= 0.3 is 6.18 Å². The summed E-state index contributed by atoms with van der Waals surface area (Å²) in [5, 5.41) is 2.21. The molecule has 0 aromatic heterocycles. The molecule has 40 heavy (non-hydrogen) atoms. The van der Waals surface area contributed by atoms with E-state index in [4.69, 9.17) is 4.74 Å². The Labute approximate surface area is 233 Å². The monoisotopic (exact) mass is 597 g/mol. The first-order chi connectivity index (χ1) is 18.9. The Balaban J connectivity index is 1.29. The van der Waals surface area contributed by atoms with Crippen molar-refractivity contribution >= 4 is 44.9 Å². The highest BCUT2D eigenvalue weighted by Gasteiger charge is 2.40. The van der Waals surface area contributed by atoms with Crippen molar-refractivity contribution in [3.8, 4) is 5.75 Å². The normalized spacial score (nSPS) is 18.4. The summed E-state index contributed by atoms with van der Waals surface area (Å²) in [5.74, 6) is -0.763. The number of sulfonamides is 1. The van der Waals surface area contributed by atoms with Crippen LogP contribution >= 0.6 is 11.8 Å². The number of methoxy groups -OCH3 is 1. The van der Waals surface area contributed by atoms with Gasteiger partial charge in [-0.05, 0) is 60.5 Å². The van der Waals surface area contributed by atoms with Gasteiger partial charge < -0.3 is 10.1 Å². The molecule has 3 amide bonds. The predicted molar refractivity (Wildman–Crippen MR) is 142 cm³/mol. The number of piperidine rings is 1. The number of nitrogens with one attached hydrogen (secondary N) is 1. The molecule has 14 heteroatoms. The number of hydrogen-bond acceptors (Lipinski definition) is 7. The van der Waals surface area contributed by atoms with Crippen LogP contribution in [0.25, 0.3) is 6.08 Å². The number of alkyl halides is 3. The number of thioether (sulfide) groups is 1. The van der Waals surface area contributed by atoms with Gasteiger partial charge in [-0.25, -0.2) is 8.42 Å². The van der Waals surface area contributed by atoms with E-state index in [1.807, 2.05) is 0 Å². The summed E-state index contributed by atoms with van der Waals surface area (Å²) in [5.41, 5.74) is -0.518. The van der Waals surface area contributed by atoms with E-state index in [-0.39, 0.29) is 49.8 Å². The lowest BCUT2D eigenvalue weighted by Gasteiger charge is -2.31. The number of ether oxygens (including phenoxy) is 1. The fourth-order valence-electron chi connectivity index (χ4n) is 4.40. The fourth-order valence-corrected chi connectivity index (χ4v) is 6.95. The maximum atomic E-state index is 13.3. The lowest BCUT2D eigenvalue weighted by atomic mass is 9.97. The van der Waals surface area contributed by atoms with E-state index in [1.165, 1.54) is 13.2 Å². The first-order valence-electron chi connectivity index (χ1n) is 12.3. The smallest absolute Gasteiger partial charge is 0.417 e. The number of benzene rings is 2. The van der Waals surface area contributed by atoms with Crippen LogP contribution in [-0.4, -0.2) is 68.0 Å². The molecule has 0 saturated carbocycles. The first-order valence-corrected chi connectivity index (χ1v) is 14.5. The number of imide groups is 1. The zero-order chi connectivity index (χ0) is 29.1. The number of hydrogen-bond donors (Lipinski definition) is 1. The van der Waals surface area contributed by atoms with Crippen LogP contribution in [0, 0.1) is 5.92 Å². The highest BCUT2D eigenvalue weighted by atomic mass is 32.2. The Hall–Kier alpha value is -3.36. The average molecular weight is 598 g/mol. The van der Waals surface area contributed by atoms with Gasteiger partial charge in [-0.2, -0.15) is 17.5 Å². The summed E-state index contributed by atoms with van der Waals surface area (Å²) in [6.07, 6.45) is -3.00. The van der Waals surface area contributed by atoms with Gasteiger partial charge in [0.1, 0.15) is 5.75 Å². The van der Waals surface area contributed by atoms with Crippen molar-refractivity contribution in [3.05, 3.63) is 64.6 Å². The number of rotatable bonds is 8. The van der Waals surface area contributed by atoms with E-state index >= 15 is 0 Å². The Morgan fingerprint density at radius 2 is 1.75 bits per heavy atom. The molecule has 2 saturated heterocycles. The number of carbonyl (C=O) groups is 3. The van der Waals surface area contributed by atoms with Crippen molar-refractivity contribution in [2.24, 2.45) is 5.92 Å². The van der Waals surface area contributed by atoms with E-state index < -0.39 is 43.7 Å². The molecule has 0 bridgehead atoms. The summed E-state index contributed by atoms with van der Waals surface area (Å²) < 4.78 is 72.0. The third-order valence-corrected chi connectivity index (χ3v) is 9.42. The molecule has 0 spiro atoms. The van der Waals surface area contributed by atoms with Crippen LogP contribution < -0.4 is 10.1 Å². The molecule has 214 valence electrons. The van der Waals surface area contributed by atoms with Gasteiger partial charge in [0, 0.05) is 32.1 Å². The molecule has 2 fully saturated rings. The van der Waals surface area contributed by atoms with Crippen molar-refractivity contribution in [1.29, 1.82) is 0 Å². The molecule has 0 aliphatic carbocycles. The van der Waals surface area contributed by atoms with Gasteiger partial charge in [0.25, 0.3) is 11.1 Å². The lowest BCUT2D eigenvalue weighted by Crippen LogP contribution is -2.44. The van der Waals surface area contributed by atoms with Crippen LogP contribution in [0.5, 0.6) is 5.75 Å². The third-order valence-electron chi connectivity index (χ3n) is 6.56. The Morgan fingerprint density at radius 1 is 1.10 bits per heavy atom. The van der Waals surface area contributed by atoms with Crippen molar-refractivity contribution in [3.63, 3.8) is 0 Å². The molecule has 2 aliphatic rings. The Morgan fingerprint density at radius 3 is 2.38 bits per heavy atom. The van der Waals surface area contributed by atoms with Gasteiger partial charge in [0.15, 0.2) is 0 Å². The van der Waals surface area contributed by atoms with Gasteiger partial charge in [0.2, 0.25) is 15.9 Å². The van der Waals surface area contributed by atoms with Crippen molar-refractivity contribution in [2.45, 2.75) is 23.9 Å². The molecular weight excluding hydrogens is 571 g/mol. The van der Waals surface area contributed by atoms with E-state index in [9.17, 15) is 36.0 Å². The van der Waals surface area contributed by atoms with Crippen LogP contribution in [0.4, 0.5) is 18.0 Å². The molecule has 4 rings (SSSR count). The van der Waals surface area contributed by atoms with Gasteiger partial charge in [-0.3, -0.25) is 19.3 Å². The molecular formula is C26H26F3N3O6S2. The van der Waals surface area contributed by atoms with Crippen molar-refractivity contribution in [1.82, 2.24) is 14.5 Å². The standard InChI is InChI=1S/C26H26F3N3O6S2/c1-38-19-8-6-17(7-9-19)16-21-24(34)32(25(35)39-21)15-12-30-23(33)18-10-13-31(14-11-18)40(36,37)22-5-3-2-4-20(22)26(27,28)29/h2-9,16,18H,10-15H2,1H3,(H,30,33). The minimum absolute atomic E-state index is 0.00413. The Kier molecular flexibility index (Phi) is 8.90. The molecule has 2 aromatic carbocycles. The maximum absolute atomic E-state index is 13.3. The number of amides is 3. The van der Waals surface area contributed by atoms with E-state index in [0.717, 1.165) is 44.7 Å². The maximum Gasteiger partial charge on any atom is 0.417 e. The van der Waals surface area contributed by atoms with Crippen LogP contribution in [0.1, 0.15) is 24.0 Å². The molecule has 0 unspecified atom stereocenters. The zero-order valence-corrected chi connectivity index (χ0v) is 22.9. The second kappa shape index (κ2) is 12.0. The topological polar surface area (TPSA) is 113 Å². The van der Waals surface area contributed by atoms with Gasteiger partial charge in [-0.15, -0.1) is 0 Å². The minimum atomic E-state index is -4.83. The predicted octanol–water partition coefficient (Wildman–Crippen LogP) is 3.97. The van der Waals surface area contributed by atoms with Gasteiger partial charge in [-0.1, -0.05) is 24.3 Å². The molecule has 9 nitrogen and oxygen atoms in total. The van der Waals surface area contributed by atoms with E-state index in [2.05, 4.69) is 5.32 Å². The van der Waals surface area contributed by atoms with Crippen molar-refractivity contribution < 1.29 is 40.7 Å². The largest absolute Gasteiger partial charge is 0.497 e. The summed E-state index contributed by atoms with van der Waals surface area (Å²) in [4.78, 5) is 38.2. The summed E-state index contributed by atoms with van der Waals surface area (Å²) in [6.45, 7) is -0.278. The SMILES string of the molecule is COc1ccc(C=C2SC(=O)N(CCNC(=O)C3CCN(S(=O)(=O)c4ccccc4C(F)(F)F)CC3)C2=O)cc1. The highest BCUT2D eigenvalue weighted by molar-refractivity contribution is 8.18. The molecule has 2 aromatic rings. The summed E-state index contributed by atoms with van der Waals surface area (Å²) in [7, 11) is -2.87. The number of carbonyl (C=O) groups excluding carboxylic acids is 3. The third kappa shape index (κ3) is 6.50. The second-order valence-corrected chi connectivity index (χ2v) is 12.0. The van der Waals surface area contributed by atoms with Crippen LogP contribution in [0.2, 0.25) is 0 Å². The summed E-state index contributed by atoms with van der Waals surface area (Å²) >= 11 is 0.798. The molecule has 0 atom stereocenters. The van der Waals surface area contributed by atoms with Crippen LogP contribution in [0.3, 0.4) is 0 Å². The first kappa shape index (κ1) is 29.6. The zero-order valence-electron chi connectivity index (χ0n) is 21.3. The van der Waals surface area contributed by atoms with Crippen molar-refractivity contribution in [2.75, 3.05) is 33.3 Å².